The Morgan fingerprint density at radius 2 is 1.94 bits per heavy atom. The van der Waals surface area contributed by atoms with Crippen LogP contribution in [0.4, 0.5) is 18.9 Å². The van der Waals surface area contributed by atoms with Crippen LogP contribution < -0.4 is 14.8 Å². The molecule has 2 aromatic carbocycles. The third-order valence-corrected chi connectivity index (χ3v) is 6.85. The number of nitrogens with one attached hydrogen (secondary N) is 2. The fraction of sp³-hybridized carbons (Fsp3) is 0.435. The summed E-state index contributed by atoms with van der Waals surface area (Å²) in [5.74, 6) is -0.692. The molecular formula is C23H28F3N3O4S. The van der Waals surface area contributed by atoms with Gasteiger partial charge in [0.25, 0.3) is 15.9 Å². The first kappa shape index (κ1) is 25.8. The first-order valence-electron chi connectivity index (χ1n) is 11.1. The summed E-state index contributed by atoms with van der Waals surface area (Å²) in [7, 11) is -4.09. The number of nitrogens with zero attached hydrogens (tertiary/aromatic N) is 1. The number of amides is 1. The first-order chi connectivity index (χ1) is 16.1. The molecule has 34 heavy (non-hydrogen) atoms. The van der Waals surface area contributed by atoms with Gasteiger partial charge in [-0.05, 0) is 61.9 Å². The van der Waals surface area contributed by atoms with Crippen LogP contribution in [-0.4, -0.2) is 51.3 Å². The summed E-state index contributed by atoms with van der Waals surface area (Å²) in [6.45, 7) is 4.26. The number of alkyl halides is 3. The van der Waals surface area contributed by atoms with E-state index in [4.69, 9.17) is 0 Å². The number of rotatable bonds is 8. The van der Waals surface area contributed by atoms with E-state index in [2.05, 4.69) is 21.7 Å². The lowest BCUT2D eigenvalue weighted by Crippen LogP contribution is -2.43. The molecule has 3 rings (SSSR count). The molecule has 1 heterocycles. The Kier molecular flexibility index (Phi) is 8.42. The zero-order chi connectivity index (χ0) is 24.8. The molecule has 2 N–H and O–H groups in total. The van der Waals surface area contributed by atoms with E-state index in [0.29, 0.717) is 18.7 Å². The molecule has 2 aromatic rings. The normalized spacial score (nSPS) is 17.2. The van der Waals surface area contributed by atoms with E-state index in [-0.39, 0.29) is 22.5 Å². The van der Waals surface area contributed by atoms with Crippen molar-refractivity contribution in [3.05, 3.63) is 54.1 Å². The van der Waals surface area contributed by atoms with Crippen LogP contribution in [0.5, 0.6) is 5.75 Å². The zero-order valence-electron chi connectivity index (χ0n) is 18.8. The highest BCUT2D eigenvalue weighted by Gasteiger charge is 2.31. The Balaban J connectivity index is 1.76. The lowest BCUT2D eigenvalue weighted by Gasteiger charge is -2.30. The average Bonchev–Trinajstić information content (AvgIpc) is 3.02. The van der Waals surface area contributed by atoms with Crippen molar-refractivity contribution in [1.82, 2.24) is 10.2 Å². The van der Waals surface area contributed by atoms with Crippen LogP contribution in [0.2, 0.25) is 0 Å². The van der Waals surface area contributed by atoms with Gasteiger partial charge in [-0.3, -0.25) is 9.52 Å². The molecule has 1 amide bonds. The van der Waals surface area contributed by atoms with Crippen LogP contribution in [0.3, 0.4) is 0 Å². The van der Waals surface area contributed by atoms with E-state index in [1.54, 1.807) is 12.1 Å². The van der Waals surface area contributed by atoms with Crippen molar-refractivity contribution in [2.24, 2.45) is 0 Å². The van der Waals surface area contributed by atoms with Crippen molar-refractivity contribution in [2.75, 3.05) is 24.4 Å². The van der Waals surface area contributed by atoms with Gasteiger partial charge in [0, 0.05) is 30.4 Å². The second-order valence-corrected chi connectivity index (χ2v) is 9.74. The second kappa shape index (κ2) is 11.1. The Hall–Kier alpha value is -2.79. The van der Waals surface area contributed by atoms with Crippen LogP contribution in [-0.2, 0) is 10.0 Å². The number of halogens is 3. The number of anilines is 1. The number of hydrogen-bond donors (Lipinski definition) is 2. The molecule has 7 nitrogen and oxygen atoms in total. The van der Waals surface area contributed by atoms with Gasteiger partial charge < -0.3 is 15.0 Å². The van der Waals surface area contributed by atoms with Crippen LogP contribution in [0.25, 0.3) is 0 Å². The molecule has 11 heteroatoms. The average molecular weight is 500 g/mol. The maximum absolute atomic E-state index is 13.3. The smallest absolute Gasteiger partial charge is 0.406 e. The molecule has 1 atom stereocenters. The lowest BCUT2D eigenvalue weighted by molar-refractivity contribution is -0.274. The number of unbranched alkanes of at least 4 members (excludes halogenated alkanes) is 1. The highest BCUT2D eigenvalue weighted by Crippen LogP contribution is 2.25. The van der Waals surface area contributed by atoms with Gasteiger partial charge >= 0.3 is 6.36 Å². The molecule has 0 saturated carbocycles. The summed E-state index contributed by atoms with van der Waals surface area (Å²) in [6, 6.07) is 10.1. The van der Waals surface area contributed by atoms with Crippen molar-refractivity contribution in [3.8, 4) is 5.75 Å². The molecule has 0 spiro atoms. The summed E-state index contributed by atoms with van der Waals surface area (Å²) < 4.78 is 68.6. The largest absolute Gasteiger partial charge is 0.573 e. The minimum absolute atomic E-state index is 0.0627. The number of carbonyl (C=O) groups is 1. The highest BCUT2D eigenvalue weighted by molar-refractivity contribution is 7.92. The van der Waals surface area contributed by atoms with Gasteiger partial charge in [0.15, 0.2) is 0 Å². The molecule has 186 valence electrons. The van der Waals surface area contributed by atoms with Crippen LogP contribution in [0.1, 0.15) is 43.0 Å². The van der Waals surface area contributed by atoms with Gasteiger partial charge in [0.05, 0.1) is 4.90 Å². The van der Waals surface area contributed by atoms with Crippen molar-refractivity contribution < 1.29 is 31.1 Å². The Labute approximate surface area is 197 Å². The van der Waals surface area contributed by atoms with Crippen LogP contribution in [0, 0.1) is 0 Å². The van der Waals surface area contributed by atoms with E-state index in [0.717, 1.165) is 56.5 Å². The zero-order valence-corrected chi connectivity index (χ0v) is 19.6. The predicted octanol–water partition coefficient (Wildman–Crippen LogP) is 4.38. The first-order valence-corrected chi connectivity index (χ1v) is 12.6. The summed E-state index contributed by atoms with van der Waals surface area (Å²) >= 11 is 0. The molecular weight excluding hydrogens is 471 g/mol. The van der Waals surface area contributed by atoms with Gasteiger partial charge in [0.2, 0.25) is 0 Å². The molecule has 1 saturated heterocycles. The quantitative estimate of drug-likeness (QED) is 0.563. The van der Waals surface area contributed by atoms with Gasteiger partial charge in [-0.1, -0.05) is 25.8 Å². The van der Waals surface area contributed by atoms with Gasteiger partial charge in [-0.15, -0.1) is 13.2 Å². The van der Waals surface area contributed by atoms with Crippen molar-refractivity contribution in [2.45, 2.75) is 49.9 Å². The number of benzene rings is 2. The fourth-order valence-electron chi connectivity index (χ4n) is 3.82. The van der Waals surface area contributed by atoms with Crippen molar-refractivity contribution >= 4 is 21.6 Å². The summed E-state index contributed by atoms with van der Waals surface area (Å²) in [5, 5.41) is 3.36. The lowest BCUT2D eigenvalue weighted by atomic mass is 10.1. The maximum Gasteiger partial charge on any atom is 0.573 e. The van der Waals surface area contributed by atoms with Gasteiger partial charge in [-0.25, -0.2) is 8.42 Å². The van der Waals surface area contributed by atoms with Crippen molar-refractivity contribution in [1.29, 1.82) is 0 Å². The topological polar surface area (TPSA) is 87.7 Å². The predicted molar refractivity (Wildman–Crippen MR) is 122 cm³/mol. The molecule has 1 unspecified atom stereocenters. The third kappa shape index (κ3) is 7.10. The summed E-state index contributed by atoms with van der Waals surface area (Å²) in [5.41, 5.74) is 0.539. The standard InChI is InChI=1S/C23H28F3N3O4S/c1-2-3-8-19-16-27-13-5-14-29(19)22(30)17-6-4-7-18(15-17)28-34(31,32)21-11-9-20(10-12-21)33-23(24,25)26/h4,6-7,9-12,15,19,27-28H,2-3,5,8,13-14,16H2,1H3. The van der Waals surface area contributed by atoms with Crippen molar-refractivity contribution in [3.63, 3.8) is 0 Å². The highest BCUT2D eigenvalue weighted by atomic mass is 32.2. The maximum atomic E-state index is 13.3. The van der Waals surface area contributed by atoms with E-state index >= 15 is 0 Å². The SMILES string of the molecule is CCCCC1CNCCCN1C(=O)c1cccc(NS(=O)(=O)c2ccc(OC(F)(F)F)cc2)c1. The number of hydrogen-bond acceptors (Lipinski definition) is 5. The third-order valence-electron chi connectivity index (χ3n) is 5.45. The van der Waals surface area contributed by atoms with Crippen LogP contribution in [0.15, 0.2) is 53.4 Å². The summed E-state index contributed by atoms with van der Waals surface area (Å²) in [4.78, 5) is 14.9. The van der Waals surface area contributed by atoms with E-state index in [9.17, 15) is 26.4 Å². The van der Waals surface area contributed by atoms with Crippen LogP contribution >= 0.6 is 0 Å². The molecule has 0 bridgehead atoms. The Bertz CT molecular complexity index is 1080. The monoisotopic (exact) mass is 499 g/mol. The number of ether oxygens (including phenoxy) is 1. The van der Waals surface area contributed by atoms with E-state index < -0.39 is 22.1 Å². The van der Waals surface area contributed by atoms with Gasteiger partial charge in [-0.2, -0.15) is 0 Å². The van der Waals surface area contributed by atoms with E-state index in [1.165, 1.54) is 12.1 Å². The molecule has 0 radical (unpaired) electrons. The molecule has 1 aliphatic rings. The number of sulfonamides is 1. The summed E-state index contributed by atoms with van der Waals surface area (Å²) in [6.07, 6.45) is -1.13. The molecule has 0 aliphatic carbocycles. The second-order valence-electron chi connectivity index (χ2n) is 8.06. The Morgan fingerprint density at radius 3 is 2.62 bits per heavy atom. The molecule has 0 aromatic heterocycles. The minimum atomic E-state index is -4.87. The Morgan fingerprint density at radius 1 is 1.21 bits per heavy atom. The molecule has 1 fully saturated rings. The van der Waals surface area contributed by atoms with E-state index in [1.807, 2.05) is 4.90 Å². The minimum Gasteiger partial charge on any atom is -0.406 e. The van der Waals surface area contributed by atoms with Gasteiger partial charge in [0.1, 0.15) is 5.75 Å². The molecule has 1 aliphatic heterocycles. The fourth-order valence-corrected chi connectivity index (χ4v) is 4.87. The number of carbonyl (C=O) groups excluding carboxylic acids is 1.